The average Bonchev–Trinajstić information content (AvgIpc) is 2.87. The first-order valence-electron chi connectivity index (χ1n) is 8.59. The molecule has 0 aliphatic heterocycles. The topological polar surface area (TPSA) is 110 Å². The van der Waals surface area contributed by atoms with Crippen LogP contribution in [0.4, 0.5) is 4.79 Å². The number of carbonyl (C=O) groups excluding carboxylic acids is 2. The molecule has 0 aliphatic carbocycles. The van der Waals surface area contributed by atoms with Gasteiger partial charge in [-0.1, -0.05) is 18.2 Å². The monoisotopic (exact) mass is 375 g/mol. The van der Waals surface area contributed by atoms with Gasteiger partial charge < -0.3 is 25.0 Å². The van der Waals surface area contributed by atoms with Gasteiger partial charge in [-0.05, 0) is 32.4 Å². The molecule has 146 valence electrons. The van der Waals surface area contributed by atoms with Crippen LogP contribution in [0.15, 0.2) is 30.5 Å². The Balaban J connectivity index is 2.00. The summed E-state index contributed by atoms with van der Waals surface area (Å²) in [5.74, 6) is -1.75. The fourth-order valence-corrected chi connectivity index (χ4v) is 2.72. The number of aliphatic carboxylic acids is 1. The highest BCUT2D eigenvalue weighted by Crippen LogP contribution is 2.21. The minimum atomic E-state index is -1.14. The summed E-state index contributed by atoms with van der Waals surface area (Å²) in [4.78, 5) is 35.2. The fourth-order valence-electron chi connectivity index (χ4n) is 2.72. The summed E-state index contributed by atoms with van der Waals surface area (Å²) in [6.45, 7) is 4.75. The smallest absolute Gasteiger partial charge is 0.408 e. The highest BCUT2D eigenvalue weighted by molar-refractivity contribution is 5.88. The molecule has 2 aromatic rings. The zero-order valence-corrected chi connectivity index (χ0v) is 15.9. The third-order valence-corrected chi connectivity index (χ3v) is 3.83. The zero-order chi connectivity index (χ0) is 20.2. The van der Waals surface area contributed by atoms with Gasteiger partial charge >= 0.3 is 12.1 Å². The van der Waals surface area contributed by atoms with Crippen molar-refractivity contribution in [2.45, 2.75) is 38.8 Å². The van der Waals surface area contributed by atoms with Crippen molar-refractivity contribution >= 4 is 28.9 Å². The molecule has 0 fully saturated rings. The fraction of sp³-hybridized carbons (Fsp3) is 0.421. The largest absolute Gasteiger partial charge is 0.480 e. The Morgan fingerprint density at radius 2 is 1.89 bits per heavy atom. The molecule has 0 spiro atoms. The number of benzene rings is 1. The van der Waals surface area contributed by atoms with Gasteiger partial charge in [0.15, 0.2) is 0 Å². The minimum Gasteiger partial charge on any atom is -0.480 e. The van der Waals surface area contributed by atoms with Crippen LogP contribution in [0.25, 0.3) is 10.9 Å². The number of rotatable bonds is 6. The normalized spacial score (nSPS) is 12.4. The van der Waals surface area contributed by atoms with Gasteiger partial charge in [-0.3, -0.25) is 4.79 Å². The summed E-state index contributed by atoms with van der Waals surface area (Å²) >= 11 is 0. The number of carboxylic acid groups (broad SMARTS) is 1. The molecule has 0 saturated heterocycles. The quantitative estimate of drug-likeness (QED) is 0.713. The Hall–Kier alpha value is -3.03. The van der Waals surface area contributed by atoms with E-state index in [9.17, 15) is 19.5 Å². The second-order valence-corrected chi connectivity index (χ2v) is 7.30. The van der Waals surface area contributed by atoms with Crippen molar-refractivity contribution in [1.29, 1.82) is 0 Å². The molecule has 8 nitrogen and oxygen atoms in total. The Kier molecular flexibility index (Phi) is 6.09. The number of amides is 2. The second kappa shape index (κ2) is 8.11. The Labute approximate surface area is 157 Å². The molecule has 1 heterocycles. The van der Waals surface area contributed by atoms with E-state index in [1.54, 1.807) is 20.8 Å². The summed E-state index contributed by atoms with van der Waals surface area (Å²) < 4.78 is 6.95. The number of aryl methyl sites for hydroxylation is 1. The van der Waals surface area contributed by atoms with E-state index in [0.717, 1.165) is 16.5 Å². The highest BCUT2D eigenvalue weighted by atomic mass is 16.6. The number of hydrogen-bond acceptors (Lipinski definition) is 4. The zero-order valence-electron chi connectivity index (χ0n) is 15.9. The molecule has 27 heavy (non-hydrogen) atoms. The van der Waals surface area contributed by atoms with Crippen LogP contribution >= 0.6 is 0 Å². The molecule has 1 aromatic carbocycles. The Bertz CT molecular complexity index is 851. The molecule has 2 rings (SSSR count). The second-order valence-electron chi connectivity index (χ2n) is 7.30. The number of para-hydroxylation sites is 1. The molecule has 1 aromatic heterocycles. The van der Waals surface area contributed by atoms with Gasteiger partial charge in [-0.15, -0.1) is 0 Å². The summed E-state index contributed by atoms with van der Waals surface area (Å²) in [6.07, 6.45) is 1.25. The molecule has 0 aliphatic rings. The molecular weight excluding hydrogens is 350 g/mol. The number of alkyl carbamates (subject to hydrolysis) is 1. The summed E-state index contributed by atoms with van der Waals surface area (Å²) in [6, 6.07) is 6.53. The summed E-state index contributed by atoms with van der Waals surface area (Å²) in [7, 11) is 1.88. The minimum absolute atomic E-state index is 0.134. The van der Waals surface area contributed by atoms with Crippen LogP contribution in [0, 0.1) is 0 Å². The predicted octanol–water partition coefficient (Wildman–Crippen LogP) is 1.81. The van der Waals surface area contributed by atoms with E-state index in [4.69, 9.17) is 4.74 Å². The van der Waals surface area contributed by atoms with Crippen molar-refractivity contribution in [3.63, 3.8) is 0 Å². The Morgan fingerprint density at radius 3 is 2.52 bits per heavy atom. The van der Waals surface area contributed by atoms with Gasteiger partial charge in [0.05, 0.1) is 0 Å². The predicted molar refractivity (Wildman–Crippen MR) is 100 cm³/mol. The van der Waals surface area contributed by atoms with Gasteiger partial charge in [0.2, 0.25) is 5.91 Å². The molecule has 0 unspecified atom stereocenters. The highest BCUT2D eigenvalue weighted by Gasteiger charge is 2.23. The van der Waals surface area contributed by atoms with Crippen molar-refractivity contribution in [3.8, 4) is 0 Å². The summed E-state index contributed by atoms with van der Waals surface area (Å²) in [5.41, 5.74) is 1.12. The van der Waals surface area contributed by atoms with E-state index in [2.05, 4.69) is 10.6 Å². The van der Waals surface area contributed by atoms with Crippen LogP contribution in [0.2, 0.25) is 0 Å². The molecule has 8 heteroatoms. The van der Waals surface area contributed by atoms with Crippen molar-refractivity contribution in [2.24, 2.45) is 7.05 Å². The number of carboxylic acids is 1. The van der Waals surface area contributed by atoms with Crippen LogP contribution in [0.3, 0.4) is 0 Å². The van der Waals surface area contributed by atoms with Crippen molar-refractivity contribution < 1.29 is 24.2 Å². The van der Waals surface area contributed by atoms with Gasteiger partial charge in [-0.25, -0.2) is 9.59 Å². The lowest BCUT2D eigenvalue weighted by atomic mass is 10.1. The van der Waals surface area contributed by atoms with Gasteiger partial charge in [0.1, 0.15) is 18.2 Å². The average molecular weight is 375 g/mol. The molecule has 0 bridgehead atoms. The van der Waals surface area contributed by atoms with Crippen LogP contribution in [-0.2, 0) is 27.8 Å². The van der Waals surface area contributed by atoms with E-state index in [1.165, 1.54) is 0 Å². The molecule has 0 saturated carbocycles. The van der Waals surface area contributed by atoms with Crippen LogP contribution in [0.5, 0.6) is 0 Å². The van der Waals surface area contributed by atoms with E-state index < -0.39 is 29.6 Å². The first kappa shape index (κ1) is 20.3. The first-order chi connectivity index (χ1) is 12.6. The lowest BCUT2D eigenvalue weighted by Gasteiger charge is -2.20. The standard InChI is InChI=1S/C19H25N3O5/c1-19(2,3)27-18(26)20-10-16(23)21-14(17(24)25)9-12-11-22(4)15-8-6-5-7-13(12)15/h5-8,11,14H,9-10H2,1-4H3,(H,20,26)(H,21,23)(H,24,25)/t14-/m1/s1. The molecule has 0 radical (unpaired) electrons. The molecule has 2 amide bonds. The number of fused-ring (bicyclic) bond motifs is 1. The lowest BCUT2D eigenvalue weighted by molar-refractivity contribution is -0.141. The molecule has 3 N–H and O–H groups in total. The number of carbonyl (C=O) groups is 3. The maximum Gasteiger partial charge on any atom is 0.408 e. The maximum absolute atomic E-state index is 12.0. The number of ether oxygens (including phenoxy) is 1. The molecular formula is C19H25N3O5. The van der Waals surface area contributed by atoms with Gasteiger partial charge in [0, 0.05) is 30.6 Å². The van der Waals surface area contributed by atoms with Crippen LogP contribution < -0.4 is 10.6 Å². The van der Waals surface area contributed by atoms with E-state index in [-0.39, 0.29) is 13.0 Å². The lowest BCUT2D eigenvalue weighted by Crippen LogP contribution is -2.47. The Morgan fingerprint density at radius 1 is 1.22 bits per heavy atom. The van der Waals surface area contributed by atoms with Crippen molar-refractivity contribution in [1.82, 2.24) is 15.2 Å². The van der Waals surface area contributed by atoms with E-state index >= 15 is 0 Å². The number of nitrogens with zero attached hydrogens (tertiary/aromatic N) is 1. The van der Waals surface area contributed by atoms with Gasteiger partial charge in [0.25, 0.3) is 0 Å². The van der Waals surface area contributed by atoms with Crippen LogP contribution in [-0.4, -0.2) is 45.8 Å². The van der Waals surface area contributed by atoms with Crippen molar-refractivity contribution in [2.75, 3.05) is 6.54 Å². The summed E-state index contributed by atoms with van der Waals surface area (Å²) in [5, 5.41) is 15.1. The van der Waals surface area contributed by atoms with Crippen molar-refractivity contribution in [3.05, 3.63) is 36.0 Å². The SMILES string of the molecule is Cn1cc(C[C@@H](NC(=O)CNC(=O)OC(C)(C)C)C(=O)O)c2ccccc21. The first-order valence-corrected chi connectivity index (χ1v) is 8.59. The number of aromatic nitrogens is 1. The van der Waals surface area contributed by atoms with E-state index in [0.29, 0.717) is 0 Å². The number of hydrogen-bond donors (Lipinski definition) is 3. The molecule has 1 atom stereocenters. The van der Waals surface area contributed by atoms with Gasteiger partial charge in [-0.2, -0.15) is 0 Å². The van der Waals surface area contributed by atoms with E-state index in [1.807, 2.05) is 42.1 Å². The van der Waals surface area contributed by atoms with Crippen LogP contribution in [0.1, 0.15) is 26.3 Å². The third kappa shape index (κ3) is 5.73. The maximum atomic E-state index is 12.0. The third-order valence-electron chi connectivity index (χ3n) is 3.83. The number of nitrogens with one attached hydrogen (secondary N) is 2.